The first-order valence-electron chi connectivity index (χ1n) is 9.95. The molecule has 0 radical (unpaired) electrons. The number of benzene rings is 2. The van der Waals surface area contributed by atoms with Crippen molar-refractivity contribution in [3.8, 4) is 11.4 Å². The van der Waals surface area contributed by atoms with Crippen molar-refractivity contribution in [2.24, 2.45) is 5.73 Å². The van der Waals surface area contributed by atoms with Gasteiger partial charge in [0.25, 0.3) is 11.5 Å². The summed E-state index contributed by atoms with van der Waals surface area (Å²) in [5, 5.41) is 0.602. The molecule has 1 unspecified atom stereocenters. The molecular weight excluding hydrogens is 396 g/mol. The average molecular weight is 416 g/mol. The van der Waals surface area contributed by atoms with E-state index in [-0.39, 0.29) is 17.2 Å². The minimum atomic E-state index is -0.595. The Hall–Kier alpha value is -4.14. The van der Waals surface area contributed by atoms with Crippen LogP contribution in [-0.2, 0) is 4.79 Å². The maximum atomic E-state index is 13.0. The maximum absolute atomic E-state index is 13.0. The van der Waals surface area contributed by atoms with Crippen LogP contribution in [0, 0.1) is 0 Å². The van der Waals surface area contributed by atoms with Gasteiger partial charge in [-0.05, 0) is 43.2 Å². The summed E-state index contributed by atoms with van der Waals surface area (Å²) in [5.74, 6) is -0.774. The fraction of sp³-hybridized carbons (Fsp3) is 0.182. The van der Waals surface area contributed by atoms with Gasteiger partial charge in [-0.15, -0.1) is 0 Å². The van der Waals surface area contributed by atoms with Crippen LogP contribution in [0.3, 0.4) is 0 Å². The van der Waals surface area contributed by atoms with E-state index in [0.29, 0.717) is 51.8 Å². The van der Waals surface area contributed by atoms with Gasteiger partial charge in [0, 0.05) is 23.0 Å². The highest BCUT2D eigenvalue weighted by Gasteiger charge is 2.33. The summed E-state index contributed by atoms with van der Waals surface area (Å²) in [6.45, 7) is 0.481. The first-order valence-corrected chi connectivity index (χ1v) is 9.95. The largest absolute Gasteiger partial charge is 0.396 e. The molecule has 3 heterocycles. The Morgan fingerprint density at radius 1 is 1.10 bits per heavy atom. The predicted octanol–water partition coefficient (Wildman–Crippen LogP) is 1.74. The Morgan fingerprint density at radius 2 is 1.90 bits per heavy atom. The molecule has 2 aromatic carbocycles. The number of hydrogen-bond acceptors (Lipinski definition) is 5. The fourth-order valence-electron chi connectivity index (χ4n) is 4.20. The van der Waals surface area contributed by atoms with Crippen LogP contribution in [0.15, 0.2) is 47.3 Å². The summed E-state index contributed by atoms with van der Waals surface area (Å²) in [7, 11) is 0. The van der Waals surface area contributed by atoms with Crippen molar-refractivity contribution >= 4 is 39.4 Å². The maximum Gasteiger partial charge on any atom is 0.276 e. The monoisotopic (exact) mass is 416 g/mol. The number of primary amides is 1. The molecule has 1 saturated heterocycles. The van der Waals surface area contributed by atoms with Crippen molar-refractivity contribution in [1.82, 2.24) is 19.9 Å². The number of rotatable bonds is 3. The molecule has 4 aromatic rings. The van der Waals surface area contributed by atoms with Gasteiger partial charge in [-0.3, -0.25) is 14.4 Å². The van der Waals surface area contributed by atoms with Crippen LogP contribution in [0.2, 0.25) is 0 Å². The number of hydrogen-bond donors (Lipinski definition) is 4. The lowest BCUT2D eigenvalue weighted by Crippen LogP contribution is -2.43. The normalized spacial score (nSPS) is 16.3. The van der Waals surface area contributed by atoms with Gasteiger partial charge in [0.1, 0.15) is 6.04 Å². The number of para-hydroxylation sites is 2. The second-order valence-electron chi connectivity index (χ2n) is 7.66. The van der Waals surface area contributed by atoms with Crippen LogP contribution in [0.1, 0.15) is 23.2 Å². The van der Waals surface area contributed by atoms with Gasteiger partial charge in [-0.25, -0.2) is 4.98 Å². The number of aromatic nitrogens is 3. The second kappa shape index (κ2) is 6.98. The zero-order valence-electron chi connectivity index (χ0n) is 16.5. The zero-order chi connectivity index (χ0) is 21.7. The number of fused-ring (bicyclic) bond motifs is 2. The molecule has 0 saturated carbocycles. The minimum absolute atomic E-state index is 0.175. The molecule has 1 fully saturated rings. The molecule has 1 atom stereocenters. The lowest BCUT2D eigenvalue weighted by molar-refractivity contribution is -0.121. The zero-order valence-corrected chi connectivity index (χ0v) is 16.5. The number of nitrogen functional groups attached to an aromatic ring is 1. The van der Waals surface area contributed by atoms with E-state index in [1.54, 1.807) is 30.3 Å². The Kier molecular flexibility index (Phi) is 4.25. The highest BCUT2D eigenvalue weighted by molar-refractivity contribution is 6.05. The van der Waals surface area contributed by atoms with Gasteiger partial charge >= 0.3 is 0 Å². The molecule has 9 heteroatoms. The van der Waals surface area contributed by atoms with E-state index in [1.807, 2.05) is 12.1 Å². The van der Waals surface area contributed by atoms with Gasteiger partial charge < -0.3 is 26.3 Å². The summed E-state index contributed by atoms with van der Waals surface area (Å²) in [6.07, 6.45) is 1.30. The third kappa shape index (κ3) is 3.02. The molecule has 0 bridgehead atoms. The summed E-state index contributed by atoms with van der Waals surface area (Å²) < 4.78 is 0. The van der Waals surface area contributed by atoms with Gasteiger partial charge in [0.15, 0.2) is 5.69 Å². The molecule has 1 aliphatic rings. The van der Waals surface area contributed by atoms with Crippen molar-refractivity contribution in [3.05, 3.63) is 58.4 Å². The number of aromatic amines is 2. The van der Waals surface area contributed by atoms with E-state index >= 15 is 0 Å². The number of H-pyrrole nitrogens is 2. The number of nitrogens with zero attached hydrogens (tertiary/aromatic N) is 2. The Morgan fingerprint density at radius 3 is 2.71 bits per heavy atom. The van der Waals surface area contributed by atoms with E-state index < -0.39 is 11.9 Å². The number of carbonyl (C=O) groups is 2. The van der Waals surface area contributed by atoms with Crippen LogP contribution < -0.4 is 17.0 Å². The molecule has 156 valence electrons. The number of anilines is 1. The van der Waals surface area contributed by atoms with Crippen LogP contribution >= 0.6 is 0 Å². The first-order chi connectivity index (χ1) is 14.9. The topological polar surface area (TPSA) is 151 Å². The minimum Gasteiger partial charge on any atom is -0.396 e. The molecular formula is C22H20N6O3. The summed E-state index contributed by atoms with van der Waals surface area (Å²) in [5.41, 5.74) is 14.7. The fourth-order valence-corrected chi connectivity index (χ4v) is 4.20. The van der Waals surface area contributed by atoms with Crippen LogP contribution in [0.25, 0.3) is 33.3 Å². The molecule has 31 heavy (non-hydrogen) atoms. The number of amides is 2. The van der Waals surface area contributed by atoms with Crippen molar-refractivity contribution < 1.29 is 9.59 Å². The molecule has 1 aliphatic heterocycles. The summed E-state index contributed by atoms with van der Waals surface area (Å²) in [6, 6.07) is 11.7. The molecule has 2 aromatic heterocycles. The van der Waals surface area contributed by atoms with Crippen molar-refractivity contribution in [1.29, 1.82) is 0 Å². The highest BCUT2D eigenvalue weighted by Crippen LogP contribution is 2.32. The predicted molar refractivity (Wildman–Crippen MR) is 117 cm³/mol. The van der Waals surface area contributed by atoms with Crippen molar-refractivity contribution in [3.63, 3.8) is 0 Å². The van der Waals surface area contributed by atoms with Gasteiger partial charge in [-0.2, -0.15) is 0 Å². The van der Waals surface area contributed by atoms with Crippen LogP contribution in [0.5, 0.6) is 0 Å². The molecule has 5 rings (SSSR count). The van der Waals surface area contributed by atoms with E-state index in [4.69, 9.17) is 11.5 Å². The second-order valence-corrected chi connectivity index (χ2v) is 7.66. The smallest absolute Gasteiger partial charge is 0.276 e. The molecule has 0 aliphatic carbocycles. The van der Waals surface area contributed by atoms with Gasteiger partial charge in [-0.1, -0.05) is 12.1 Å². The van der Waals surface area contributed by atoms with E-state index in [0.717, 1.165) is 6.42 Å². The molecule has 2 amide bonds. The van der Waals surface area contributed by atoms with Crippen molar-refractivity contribution in [2.45, 2.75) is 18.9 Å². The van der Waals surface area contributed by atoms with E-state index in [1.165, 1.54) is 4.90 Å². The first kappa shape index (κ1) is 18.9. The van der Waals surface area contributed by atoms with Gasteiger partial charge in [0.05, 0.1) is 22.4 Å². The highest BCUT2D eigenvalue weighted by atomic mass is 16.2. The third-order valence-corrected chi connectivity index (χ3v) is 5.76. The number of carbonyl (C=O) groups excluding carboxylic acids is 2. The quantitative estimate of drug-likeness (QED) is 0.401. The summed E-state index contributed by atoms with van der Waals surface area (Å²) >= 11 is 0. The third-order valence-electron chi connectivity index (χ3n) is 5.76. The van der Waals surface area contributed by atoms with Crippen LogP contribution in [0.4, 0.5) is 5.69 Å². The number of nitrogens with one attached hydrogen (secondary N) is 2. The number of likely N-dealkylation sites (tertiary alicyclic amines) is 1. The standard InChI is InChI=1S/C22H20N6O3/c23-17-12-10-11(22(31)28-9-3-6-16(28)20(24)29)7-8-13(12)25-18(17)19-21(30)27-15-5-2-1-4-14(15)26-19/h1-2,4-5,7-8,10,16,25H,3,6,9,23H2,(H2,24,29)(H,27,30). The van der Waals surface area contributed by atoms with Gasteiger partial charge in [0.2, 0.25) is 5.91 Å². The Labute approximate surface area is 176 Å². The van der Waals surface area contributed by atoms with Crippen molar-refractivity contribution in [2.75, 3.05) is 12.3 Å². The molecule has 0 spiro atoms. The Balaban J connectivity index is 1.58. The van der Waals surface area contributed by atoms with E-state index in [2.05, 4.69) is 15.0 Å². The SMILES string of the molecule is NC(=O)C1CCCN1C(=O)c1ccc2[nH]c(-c3nc4ccccc4[nH]c3=O)c(N)c2c1. The van der Waals surface area contributed by atoms with E-state index in [9.17, 15) is 14.4 Å². The Bertz CT molecular complexity index is 1420. The average Bonchev–Trinajstić information content (AvgIpc) is 3.38. The number of nitrogens with two attached hydrogens (primary N) is 2. The lowest BCUT2D eigenvalue weighted by Gasteiger charge is -2.22. The van der Waals surface area contributed by atoms with Crippen LogP contribution in [-0.4, -0.2) is 44.3 Å². The molecule has 9 nitrogen and oxygen atoms in total. The molecule has 6 N–H and O–H groups in total. The summed E-state index contributed by atoms with van der Waals surface area (Å²) in [4.78, 5) is 49.2. The lowest BCUT2D eigenvalue weighted by atomic mass is 10.1.